The summed E-state index contributed by atoms with van der Waals surface area (Å²) in [6, 6.07) is 0.411. The van der Waals surface area contributed by atoms with E-state index in [0.29, 0.717) is 18.6 Å². The zero-order chi connectivity index (χ0) is 13.9. The lowest BCUT2D eigenvalue weighted by atomic mass is 9.96. The molecular weight excluding hydrogens is 244 g/mol. The van der Waals surface area contributed by atoms with Crippen LogP contribution in [-0.4, -0.2) is 60.4 Å². The molecule has 0 aromatic heterocycles. The zero-order valence-corrected chi connectivity index (χ0v) is 12.0. The number of hydrogen-bond donors (Lipinski definition) is 2. The molecule has 2 aliphatic rings. The second-order valence-corrected chi connectivity index (χ2v) is 6.11. The van der Waals surface area contributed by atoms with Crippen LogP contribution in [0.3, 0.4) is 0 Å². The first kappa shape index (κ1) is 14.8. The normalized spacial score (nSPS) is 28.0. The highest BCUT2D eigenvalue weighted by molar-refractivity contribution is 5.78. The van der Waals surface area contributed by atoms with Crippen LogP contribution in [0.4, 0.5) is 0 Å². The molecule has 2 atom stereocenters. The fourth-order valence-corrected chi connectivity index (χ4v) is 2.71. The predicted octanol–water partition coefficient (Wildman–Crippen LogP) is 1.08. The van der Waals surface area contributed by atoms with E-state index in [1.54, 1.807) is 7.11 Å². The molecule has 1 saturated carbocycles. The quantitative estimate of drug-likeness (QED) is 0.725. The van der Waals surface area contributed by atoms with E-state index in [2.05, 4.69) is 10.2 Å². The topological polar surface area (TPSA) is 61.8 Å². The van der Waals surface area contributed by atoms with Gasteiger partial charge in [-0.3, -0.25) is 10.1 Å². The van der Waals surface area contributed by atoms with Crippen LogP contribution in [0, 0.1) is 0 Å². The van der Waals surface area contributed by atoms with E-state index in [1.807, 2.05) is 6.92 Å². The minimum absolute atomic E-state index is 0.307. The number of piperidine rings is 1. The number of likely N-dealkylation sites (tertiary alicyclic amines) is 1. The van der Waals surface area contributed by atoms with E-state index in [9.17, 15) is 9.90 Å². The molecule has 1 heterocycles. The molecule has 1 aliphatic heterocycles. The van der Waals surface area contributed by atoms with Crippen LogP contribution < -0.4 is 5.32 Å². The number of ether oxygens (including phenoxy) is 1. The number of rotatable bonds is 7. The third-order valence-electron chi connectivity index (χ3n) is 4.30. The van der Waals surface area contributed by atoms with E-state index in [0.717, 1.165) is 45.3 Å². The van der Waals surface area contributed by atoms with Crippen LogP contribution in [0.2, 0.25) is 0 Å². The summed E-state index contributed by atoms with van der Waals surface area (Å²) in [5.74, 6) is -0.736. The molecule has 2 rings (SSSR count). The summed E-state index contributed by atoms with van der Waals surface area (Å²) in [6.07, 6.45) is 5.43. The molecule has 2 fully saturated rings. The highest BCUT2D eigenvalue weighted by Crippen LogP contribution is 2.25. The number of carboxylic acids is 1. The van der Waals surface area contributed by atoms with Gasteiger partial charge in [0.05, 0.1) is 6.10 Å². The Balaban J connectivity index is 1.82. The van der Waals surface area contributed by atoms with Gasteiger partial charge in [-0.25, -0.2) is 0 Å². The van der Waals surface area contributed by atoms with E-state index < -0.39 is 11.5 Å². The molecule has 0 bridgehead atoms. The van der Waals surface area contributed by atoms with Crippen molar-refractivity contribution in [2.24, 2.45) is 0 Å². The van der Waals surface area contributed by atoms with Crippen LogP contribution in [0.5, 0.6) is 0 Å². The second-order valence-electron chi connectivity index (χ2n) is 6.11. The molecule has 1 aliphatic carbocycles. The molecule has 0 aromatic carbocycles. The van der Waals surface area contributed by atoms with Gasteiger partial charge < -0.3 is 14.7 Å². The lowest BCUT2D eigenvalue weighted by molar-refractivity contribution is -0.144. The van der Waals surface area contributed by atoms with Gasteiger partial charge in [0.2, 0.25) is 0 Å². The van der Waals surface area contributed by atoms with Crippen LogP contribution >= 0.6 is 0 Å². The molecule has 0 radical (unpaired) electrons. The molecule has 2 unspecified atom stereocenters. The molecular formula is C14H26N2O3. The summed E-state index contributed by atoms with van der Waals surface area (Å²) < 4.78 is 5.40. The standard InChI is InChI=1S/C14H26N2O3/c1-14(13(17)18,15-11-5-6-11)7-9-16-8-3-4-12(10-16)19-2/h11-12,15H,3-10H2,1-2H3,(H,17,18). The average Bonchev–Trinajstić information content (AvgIpc) is 3.20. The molecule has 0 amide bonds. The Labute approximate surface area is 115 Å². The van der Waals surface area contributed by atoms with Crippen molar-refractivity contribution in [3.63, 3.8) is 0 Å². The molecule has 1 saturated heterocycles. The van der Waals surface area contributed by atoms with Crippen LogP contribution in [-0.2, 0) is 9.53 Å². The van der Waals surface area contributed by atoms with Gasteiger partial charge in [0.15, 0.2) is 0 Å². The summed E-state index contributed by atoms with van der Waals surface area (Å²) in [5.41, 5.74) is -0.790. The first-order valence-electron chi connectivity index (χ1n) is 7.30. The average molecular weight is 270 g/mol. The number of nitrogens with one attached hydrogen (secondary N) is 1. The summed E-state index contributed by atoms with van der Waals surface area (Å²) in [4.78, 5) is 13.8. The largest absolute Gasteiger partial charge is 0.480 e. The van der Waals surface area contributed by atoms with Gasteiger partial charge in [0.1, 0.15) is 5.54 Å². The molecule has 5 nitrogen and oxygen atoms in total. The maximum Gasteiger partial charge on any atom is 0.323 e. The molecule has 5 heteroatoms. The SMILES string of the molecule is COC1CCCN(CCC(C)(NC2CC2)C(=O)O)C1. The van der Waals surface area contributed by atoms with Gasteiger partial charge in [-0.1, -0.05) is 0 Å². The first-order chi connectivity index (χ1) is 9.03. The van der Waals surface area contributed by atoms with Crippen LogP contribution in [0.1, 0.15) is 39.0 Å². The Morgan fingerprint density at radius 2 is 2.21 bits per heavy atom. The Hall–Kier alpha value is -0.650. The van der Waals surface area contributed by atoms with E-state index in [1.165, 1.54) is 0 Å². The fraction of sp³-hybridized carbons (Fsp3) is 0.929. The van der Waals surface area contributed by atoms with Gasteiger partial charge >= 0.3 is 5.97 Å². The molecule has 110 valence electrons. The minimum Gasteiger partial charge on any atom is -0.480 e. The third kappa shape index (κ3) is 4.16. The number of carboxylic acid groups (broad SMARTS) is 1. The number of carbonyl (C=O) groups is 1. The van der Waals surface area contributed by atoms with Gasteiger partial charge in [0, 0.05) is 26.2 Å². The zero-order valence-electron chi connectivity index (χ0n) is 12.0. The molecule has 19 heavy (non-hydrogen) atoms. The van der Waals surface area contributed by atoms with Crippen molar-refractivity contribution in [3.8, 4) is 0 Å². The Morgan fingerprint density at radius 1 is 1.47 bits per heavy atom. The predicted molar refractivity (Wildman–Crippen MR) is 73.3 cm³/mol. The van der Waals surface area contributed by atoms with Gasteiger partial charge in [-0.15, -0.1) is 0 Å². The smallest absolute Gasteiger partial charge is 0.323 e. The summed E-state index contributed by atoms with van der Waals surface area (Å²) in [5, 5.41) is 12.7. The van der Waals surface area contributed by atoms with Gasteiger partial charge in [-0.05, 0) is 45.6 Å². The third-order valence-corrected chi connectivity index (χ3v) is 4.30. The summed E-state index contributed by atoms with van der Waals surface area (Å²) >= 11 is 0. The van der Waals surface area contributed by atoms with E-state index in [4.69, 9.17) is 4.74 Å². The summed E-state index contributed by atoms with van der Waals surface area (Å²) in [7, 11) is 1.75. The monoisotopic (exact) mass is 270 g/mol. The Morgan fingerprint density at radius 3 is 2.79 bits per heavy atom. The highest BCUT2D eigenvalue weighted by Gasteiger charge is 2.38. The Bertz CT molecular complexity index is 320. The molecule has 0 aromatic rings. The van der Waals surface area contributed by atoms with Crippen LogP contribution in [0.15, 0.2) is 0 Å². The van der Waals surface area contributed by atoms with Crippen molar-refractivity contribution in [3.05, 3.63) is 0 Å². The Kier molecular flexibility index (Phi) is 4.81. The van der Waals surface area contributed by atoms with Crippen LogP contribution in [0.25, 0.3) is 0 Å². The number of methoxy groups -OCH3 is 1. The van der Waals surface area contributed by atoms with Crippen molar-refractivity contribution in [2.75, 3.05) is 26.7 Å². The number of nitrogens with zero attached hydrogens (tertiary/aromatic N) is 1. The lowest BCUT2D eigenvalue weighted by Crippen LogP contribution is -2.53. The fourth-order valence-electron chi connectivity index (χ4n) is 2.71. The van der Waals surface area contributed by atoms with Crippen molar-refractivity contribution in [1.82, 2.24) is 10.2 Å². The van der Waals surface area contributed by atoms with Crippen molar-refractivity contribution < 1.29 is 14.6 Å². The second kappa shape index (κ2) is 6.20. The maximum atomic E-state index is 11.5. The van der Waals surface area contributed by atoms with E-state index >= 15 is 0 Å². The lowest BCUT2D eigenvalue weighted by Gasteiger charge is -2.34. The number of hydrogen-bond acceptors (Lipinski definition) is 4. The first-order valence-corrected chi connectivity index (χ1v) is 7.30. The number of aliphatic carboxylic acids is 1. The van der Waals surface area contributed by atoms with Crippen molar-refractivity contribution in [1.29, 1.82) is 0 Å². The van der Waals surface area contributed by atoms with E-state index in [-0.39, 0.29) is 0 Å². The van der Waals surface area contributed by atoms with Crippen molar-refractivity contribution in [2.45, 2.75) is 56.7 Å². The van der Waals surface area contributed by atoms with Gasteiger partial charge in [0.25, 0.3) is 0 Å². The van der Waals surface area contributed by atoms with Gasteiger partial charge in [-0.2, -0.15) is 0 Å². The molecule has 2 N–H and O–H groups in total. The maximum absolute atomic E-state index is 11.5. The molecule has 0 spiro atoms. The summed E-state index contributed by atoms with van der Waals surface area (Å²) in [6.45, 7) is 4.61. The van der Waals surface area contributed by atoms with Crippen molar-refractivity contribution >= 4 is 5.97 Å². The minimum atomic E-state index is -0.790. The highest BCUT2D eigenvalue weighted by atomic mass is 16.5.